The molecular weight excluding hydrogens is 426 g/mol. The van der Waals surface area contributed by atoms with Gasteiger partial charge in [0.25, 0.3) is 5.91 Å². The van der Waals surface area contributed by atoms with Crippen molar-refractivity contribution >= 4 is 16.8 Å². The predicted octanol–water partition coefficient (Wildman–Crippen LogP) is 4.48. The fourth-order valence-corrected chi connectivity index (χ4v) is 4.25. The van der Waals surface area contributed by atoms with Gasteiger partial charge in [0.15, 0.2) is 0 Å². The van der Waals surface area contributed by atoms with Crippen molar-refractivity contribution < 1.29 is 23.4 Å². The lowest BCUT2D eigenvalue weighted by molar-refractivity contribution is 0.0859. The lowest BCUT2D eigenvalue weighted by Crippen LogP contribution is -2.34. The summed E-state index contributed by atoms with van der Waals surface area (Å²) in [6.45, 7) is -0.319. The third kappa shape index (κ3) is 3.91. The first-order valence-corrected chi connectivity index (χ1v) is 10.5. The van der Waals surface area contributed by atoms with E-state index in [4.69, 9.17) is 4.74 Å². The second kappa shape index (κ2) is 8.60. The number of aromatic nitrogens is 1. The Hall–Kier alpha value is -3.84. The third-order valence-corrected chi connectivity index (χ3v) is 5.90. The first-order chi connectivity index (χ1) is 16.0. The van der Waals surface area contributed by atoms with Crippen LogP contribution < -0.4 is 10.1 Å². The van der Waals surface area contributed by atoms with Gasteiger partial charge in [0.1, 0.15) is 29.5 Å². The number of hydrogen-bond donors (Lipinski definition) is 2. The molecule has 0 saturated carbocycles. The Balaban J connectivity index is 1.43. The van der Waals surface area contributed by atoms with Crippen molar-refractivity contribution in [1.82, 2.24) is 10.3 Å². The number of aliphatic hydroxyl groups excluding tert-OH is 1. The Labute approximate surface area is 188 Å². The number of amides is 1. The molecule has 1 heterocycles. The molecule has 0 bridgehead atoms. The number of para-hydroxylation sites is 1. The van der Waals surface area contributed by atoms with Crippen LogP contribution in [0.15, 0.2) is 72.9 Å². The SMILES string of the molecule is O=C(NC1c2ccccc2CC1O)c1ccnc2c(OCc3c(F)cccc3F)cccc12. The van der Waals surface area contributed by atoms with E-state index in [1.165, 1.54) is 24.4 Å². The summed E-state index contributed by atoms with van der Waals surface area (Å²) >= 11 is 0. The zero-order valence-electron chi connectivity index (χ0n) is 17.5. The fourth-order valence-electron chi connectivity index (χ4n) is 4.25. The molecule has 1 aromatic heterocycles. The largest absolute Gasteiger partial charge is 0.486 e. The second-order valence-electron chi connectivity index (χ2n) is 7.92. The lowest BCUT2D eigenvalue weighted by Gasteiger charge is -2.19. The summed E-state index contributed by atoms with van der Waals surface area (Å²) < 4.78 is 33.6. The molecule has 33 heavy (non-hydrogen) atoms. The number of carbonyl (C=O) groups excluding carboxylic acids is 1. The van der Waals surface area contributed by atoms with E-state index in [0.717, 1.165) is 11.1 Å². The quantitative estimate of drug-likeness (QED) is 0.474. The average Bonchev–Trinajstić information content (AvgIpc) is 3.13. The Morgan fingerprint density at radius 3 is 2.61 bits per heavy atom. The molecule has 2 unspecified atom stereocenters. The second-order valence-corrected chi connectivity index (χ2v) is 7.92. The molecule has 166 valence electrons. The average molecular weight is 446 g/mol. The van der Waals surface area contributed by atoms with Crippen LogP contribution in [0.2, 0.25) is 0 Å². The molecule has 5 rings (SSSR count). The monoisotopic (exact) mass is 446 g/mol. The van der Waals surface area contributed by atoms with E-state index in [0.29, 0.717) is 28.6 Å². The molecule has 1 aliphatic carbocycles. The van der Waals surface area contributed by atoms with Gasteiger partial charge in [-0.2, -0.15) is 0 Å². The van der Waals surface area contributed by atoms with Crippen molar-refractivity contribution in [2.45, 2.75) is 25.2 Å². The van der Waals surface area contributed by atoms with Gasteiger partial charge in [0, 0.05) is 18.0 Å². The van der Waals surface area contributed by atoms with Crippen LogP contribution in [0.4, 0.5) is 8.78 Å². The number of hydrogen-bond acceptors (Lipinski definition) is 4. The Morgan fingerprint density at radius 2 is 1.79 bits per heavy atom. The van der Waals surface area contributed by atoms with E-state index < -0.39 is 23.8 Å². The van der Waals surface area contributed by atoms with Crippen LogP contribution in [0.25, 0.3) is 10.9 Å². The van der Waals surface area contributed by atoms with Gasteiger partial charge in [0.2, 0.25) is 0 Å². The minimum absolute atomic E-state index is 0.183. The van der Waals surface area contributed by atoms with Gasteiger partial charge >= 0.3 is 0 Å². The highest BCUT2D eigenvalue weighted by molar-refractivity contribution is 6.07. The van der Waals surface area contributed by atoms with Crippen molar-refractivity contribution in [2.75, 3.05) is 0 Å². The number of rotatable bonds is 5. The number of fused-ring (bicyclic) bond motifs is 2. The van der Waals surface area contributed by atoms with Crippen LogP contribution in [0.1, 0.15) is 33.1 Å². The standard InChI is InChI=1S/C26H20F2N2O3/c27-20-8-4-9-21(28)19(20)14-33-23-10-3-7-17-18(11-12-29-25(17)23)26(32)30-24-16-6-2-1-5-15(16)13-22(24)31/h1-12,22,24,31H,13-14H2,(H,30,32). The highest BCUT2D eigenvalue weighted by Crippen LogP contribution is 2.32. The van der Waals surface area contributed by atoms with Crippen LogP contribution in [0.5, 0.6) is 5.75 Å². The zero-order chi connectivity index (χ0) is 22.9. The maximum Gasteiger partial charge on any atom is 0.252 e. The van der Waals surface area contributed by atoms with Gasteiger partial charge in [-0.05, 0) is 35.4 Å². The summed E-state index contributed by atoms with van der Waals surface area (Å²) in [6.07, 6.45) is 1.24. The van der Waals surface area contributed by atoms with Crippen molar-refractivity contribution in [3.8, 4) is 5.75 Å². The van der Waals surface area contributed by atoms with Crippen molar-refractivity contribution in [1.29, 1.82) is 0 Å². The number of carbonyl (C=O) groups is 1. The third-order valence-electron chi connectivity index (χ3n) is 5.90. The summed E-state index contributed by atoms with van der Waals surface area (Å²) in [7, 11) is 0. The summed E-state index contributed by atoms with van der Waals surface area (Å²) in [5.74, 6) is -1.45. The van der Waals surface area contributed by atoms with Crippen molar-refractivity contribution in [3.63, 3.8) is 0 Å². The maximum atomic E-state index is 14.0. The minimum Gasteiger partial charge on any atom is -0.486 e. The van der Waals surface area contributed by atoms with Crippen LogP contribution in [0, 0.1) is 11.6 Å². The molecule has 4 aromatic rings. The van der Waals surface area contributed by atoms with E-state index >= 15 is 0 Å². The molecule has 0 aliphatic heterocycles. The summed E-state index contributed by atoms with van der Waals surface area (Å²) in [5, 5.41) is 13.9. The molecule has 0 saturated heterocycles. The summed E-state index contributed by atoms with van der Waals surface area (Å²) in [6, 6.07) is 17.4. The van der Waals surface area contributed by atoms with Gasteiger partial charge in [0.05, 0.1) is 23.3 Å². The predicted molar refractivity (Wildman–Crippen MR) is 119 cm³/mol. The molecule has 1 aliphatic rings. The van der Waals surface area contributed by atoms with Crippen LogP contribution in [0.3, 0.4) is 0 Å². The lowest BCUT2D eigenvalue weighted by atomic mass is 10.0. The topological polar surface area (TPSA) is 71.5 Å². The van der Waals surface area contributed by atoms with E-state index in [1.54, 1.807) is 24.3 Å². The first-order valence-electron chi connectivity index (χ1n) is 10.5. The molecule has 0 radical (unpaired) electrons. The smallest absolute Gasteiger partial charge is 0.252 e. The molecule has 2 N–H and O–H groups in total. The van der Waals surface area contributed by atoms with E-state index in [1.807, 2.05) is 24.3 Å². The van der Waals surface area contributed by atoms with Gasteiger partial charge < -0.3 is 15.2 Å². The molecule has 5 nitrogen and oxygen atoms in total. The first kappa shape index (κ1) is 21.0. The molecular formula is C26H20F2N2O3. The zero-order valence-corrected chi connectivity index (χ0v) is 17.5. The van der Waals surface area contributed by atoms with Crippen LogP contribution in [-0.2, 0) is 13.0 Å². The molecule has 0 fully saturated rings. The number of pyridine rings is 1. The van der Waals surface area contributed by atoms with Gasteiger partial charge in [-0.25, -0.2) is 8.78 Å². The number of nitrogens with one attached hydrogen (secondary N) is 1. The maximum absolute atomic E-state index is 14.0. The molecule has 7 heteroatoms. The fraction of sp³-hybridized carbons (Fsp3) is 0.154. The van der Waals surface area contributed by atoms with Crippen molar-refractivity contribution in [3.05, 3.63) is 107 Å². The molecule has 1 amide bonds. The summed E-state index contributed by atoms with van der Waals surface area (Å²) in [4.78, 5) is 17.5. The van der Waals surface area contributed by atoms with E-state index in [9.17, 15) is 18.7 Å². The van der Waals surface area contributed by atoms with E-state index in [-0.39, 0.29) is 18.1 Å². The van der Waals surface area contributed by atoms with Crippen LogP contribution >= 0.6 is 0 Å². The molecule has 3 aromatic carbocycles. The normalized spacial score (nSPS) is 17.1. The minimum atomic E-state index is -0.714. The summed E-state index contributed by atoms with van der Waals surface area (Å²) in [5.41, 5.74) is 2.48. The van der Waals surface area contributed by atoms with Gasteiger partial charge in [-0.1, -0.05) is 42.5 Å². The van der Waals surface area contributed by atoms with Gasteiger partial charge in [-0.15, -0.1) is 0 Å². The Bertz CT molecular complexity index is 1340. The number of halogens is 2. The number of ether oxygens (including phenoxy) is 1. The van der Waals surface area contributed by atoms with Crippen LogP contribution in [-0.4, -0.2) is 22.1 Å². The molecule has 2 atom stereocenters. The number of benzene rings is 3. The van der Waals surface area contributed by atoms with Crippen molar-refractivity contribution in [2.24, 2.45) is 0 Å². The Morgan fingerprint density at radius 1 is 1.03 bits per heavy atom. The molecule has 0 spiro atoms. The van der Waals surface area contributed by atoms with Gasteiger partial charge in [-0.3, -0.25) is 9.78 Å². The highest BCUT2D eigenvalue weighted by atomic mass is 19.1. The van der Waals surface area contributed by atoms with E-state index in [2.05, 4.69) is 10.3 Å². The number of nitrogens with zero attached hydrogens (tertiary/aromatic N) is 1. The Kier molecular flexibility index (Phi) is 5.48. The highest BCUT2D eigenvalue weighted by Gasteiger charge is 2.32. The number of aliphatic hydroxyl groups is 1.